The van der Waals surface area contributed by atoms with Crippen LogP contribution in [0.5, 0.6) is 0 Å². The molecule has 0 fully saturated rings. The van der Waals surface area contributed by atoms with Gasteiger partial charge in [-0.15, -0.1) is 0 Å². The van der Waals surface area contributed by atoms with E-state index in [-0.39, 0.29) is 6.67 Å². The Labute approximate surface area is 163 Å². The molecule has 0 saturated carbocycles. The lowest BCUT2D eigenvalue weighted by Gasteiger charge is -2.27. The molecule has 3 aromatic carbocycles. The van der Waals surface area contributed by atoms with Crippen LogP contribution in [-0.4, -0.2) is 12.8 Å². The van der Waals surface area contributed by atoms with Crippen molar-refractivity contribution in [2.24, 2.45) is 0 Å². The Morgan fingerprint density at radius 1 is 0.481 bits per heavy atom. The van der Waals surface area contributed by atoms with Gasteiger partial charge in [-0.05, 0) is 55.7 Å². The van der Waals surface area contributed by atoms with Crippen LogP contribution in [0.4, 0.5) is 4.39 Å². The number of halogens is 1. The molecule has 3 aromatic rings. The molecular weight excluding hydrogens is 349 g/mol. The van der Waals surface area contributed by atoms with Crippen molar-refractivity contribution >= 4 is 23.2 Å². The molecule has 0 nitrogen and oxygen atoms in total. The molecular formula is C25H29FP+. The molecule has 0 saturated heterocycles. The molecule has 0 N–H and O–H groups in total. The Kier molecular flexibility index (Phi) is 7.60. The molecule has 3 rings (SSSR count). The van der Waals surface area contributed by atoms with Gasteiger partial charge in [-0.2, -0.15) is 0 Å². The van der Waals surface area contributed by atoms with E-state index in [9.17, 15) is 4.39 Å². The van der Waals surface area contributed by atoms with Gasteiger partial charge in [0.05, 0.1) is 12.8 Å². The van der Waals surface area contributed by atoms with Crippen molar-refractivity contribution in [2.45, 2.75) is 32.1 Å². The van der Waals surface area contributed by atoms with Crippen LogP contribution >= 0.6 is 7.26 Å². The first kappa shape index (κ1) is 19.8. The van der Waals surface area contributed by atoms with Gasteiger partial charge in [0.25, 0.3) is 0 Å². The highest BCUT2D eigenvalue weighted by Gasteiger charge is 2.44. The Balaban J connectivity index is 1.98. The van der Waals surface area contributed by atoms with Crippen LogP contribution in [0.2, 0.25) is 0 Å². The molecule has 0 aliphatic carbocycles. The van der Waals surface area contributed by atoms with Crippen LogP contribution in [0, 0.1) is 0 Å². The van der Waals surface area contributed by atoms with Gasteiger partial charge in [-0.3, -0.25) is 4.39 Å². The van der Waals surface area contributed by atoms with E-state index in [2.05, 4.69) is 91.0 Å². The van der Waals surface area contributed by atoms with Gasteiger partial charge < -0.3 is 0 Å². The third-order valence-corrected chi connectivity index (χ3v) is 9.74. The van der Waals surface area contributed by atoms with Gasteiger partial charge in [-0.1, -0.05) is 67.4 Å². The van der Waals surface area contributed by atoms with Crippen LogP contribution in [-0.2, 0) is 0 Å². The average molecular weight is 378 g/mol. The topological polar surface area (TPSA) is 0 Å². The Morgan fingerprint density at radius 2 is 0.852 bits per heavy atom. The largest absolute Gasteiger partial charge is 0.251 e. The molecule has 27 heavy (non-hydrogen) atoms. The normalized spacial score (nSPS) is 11.4. The monoisotopic (exact) mass is 378 g/mol. The van der Waals surface area contributed by atoms with Crippen LogP contribution < -0.4 is 15.9 Å². The first-order valence-electron chi connectivity index (χ1n) is 9.99. The fraction of sp³-hybridized carbons (Fsp3) is 0.280. The lowest BCUT2D eigenvalue weighted by molar-refractivity contribution is 0.452. The molecule has 0 amide bonds. The summed E-state index contributed by atoms with van der Waals surface area (Å²) >= 11 is 0. The second-order valence-corrected chi connectivity index (χ2v) is 10.6. The van der Waals surface area contributed by atoms with E-state index in [1.165, 1.54) is 34.9 Å². The van der Waals surface area contributed by atoms with Gasteiger partial charge in [0.15, 0.2) is 0 Å². The molecule has 140 valence electrons. The molecule has 0 bridgehead atoms. The highest BCUT2D eigenvalue weighted by Crippen LogP contribution is 2.55. The van der Waals surface area contributed by atoms with E-state index in [4.69, 9.17) is 0 Å². The van der Waals surface area contributed by atoms with Gasteiger partial charge in [-0.25, -0.2) is 0 Å². The fourth-order valence-electron chi connectivity index (χ4n) is 3.86. The van der Waals surface area contributed by atoms with E-state index >= 15 is 0 Å². The zero-order chi connectivity index (χ0) is 18.8. The summed E-state index contributed by atoms with van der Waals surface area (Å²) in [6.45, 7) is -0.186. The van der Waals surface area contributed by atoms with E-state index in [0.717, 1.165) is 12.8 Å². The first-order chi connectivity index (χ1) is 13.4. The standard InChI is InChI=1S/C25H29FP/c26-21-13-2-1-3-14-22-27(23-15-7-4-8-16-23,24-17-9-5-10-18-24)25-19-11-6-12-20-25/h4-12,15-20H,1-3,13-14,21-22H2/q+1/i26-1. The smallest absolute Gasteiger partial charge is 0.112 e. The maximum atomic E-state index is 12.4. The average Bonchev–Trinajstić information content (AvgIpc) is 2.75. The molecule has 0 aromatic heterocycles. The lowest BCUT2D eigenvalue weighted by Crippen LogP contribution is -2.33. The first-order valence-corrected chi connectivity index (χ1v) is 12.0. The molecule has 0 aliphatic rings. The number of unbranched alkanes of at least 4 members (excludes halogenated alkanes) is 4. The van der Waals surface area contributed by atoms with E-state index in [1.807, 2.05) is 0 Å². The van der Waals surface area contributed by atoms with E-state index in [1.54, 1.807) is 0 Å². The Bertz CT molecular complexity index is 675. The molecule has 0 atom stereocenters. The summed E-state index contributed by atoms with van der Waals surface area (Å²) in [5, 5.41) is 4.35. The highest BCUT2D eigenvalue weighted by atomic mass is 31.2. The molecule has 0 radical (unpaired) electrons. The van der Waals surface area contributed by atoms with Crippen molar-refractivity contribution in [1.82, 2.24) is 0 Å². The maximum absolute atomic E-state index is 12.4. The summed E-state index contributed by atoms with van der Waals surface area (Å²) in [6.07, 6.45) is 6.36. The van der Waals surface area contributed by atoms with Gasteiger partial charge in [0, 0.05) is 0 Å². The summed E-state index contributed by atoms with van der Waals surface area (Å²) in [5.41, 5.74) is 0. The Morgan fingerprint density at radius 3 is 1.26 bits per heavy atom. The van der Waals surface area contributed by atoms with Gasteiger partial charge in [0.1, 0.15) is 23.2 Å². The molecule has 2 heteroatoms. The third-order valence-electron chi connectivity index (χ3n) is 5.22. The summed E-state index contributed by atoms with van der Waals surface area (Å²) < 4.78 is 12.4. The summed E-state index contributed by atoms with van der Waals surface area (Å²) in [5.74, 6) is 0. The summed E-state index contributed by atoms with van der Waals surface area (Å²) in [6, 6.07) is 33.1. The minimum absolute atomic E-state index is 0.186. The second-order valence-electron chi connectivity index (χ2n) is 7.00. The number of rotatable bonds is 10. The highest BCUT2D eigenvalue weighted by molar-refractivity contribution is 7.95. The number of benzene rings is 3. The van der Waals surface area contributed by atoms with Gasteiger partial charge >= 0.3 is 0 Å². The molecule has 0 spiro atoms. The summed E-state index contributed by atoms with van der Waals surface area (Å²) in [7, 11) is -1.68. The van der Waals surface area contributed by atoms with Crippen LogP contribution in [0.3, 0.4) is 0 Å². The third kappa shape index (κ3) is 4.85. The van der Waals surface area contributed by atoms with Crippen LogP contribution in [0.15, 0.2) is 91.0 Å². The van der Waals surface area contributed by atoms with Crippen LogP contribution in [0.25, 0.3) is 0 Å². The van der Waals surface area contributed by atoms with Crippen molar-refractivity contribution < 1.29 is 4.39 Å². The predicted molar refractivity (Wildman–Crippen MR) is 119 cm³/mol. The number of alkyl halides is 1. The molecule has 0 unspecified atom stereocenters. The Hall–Kier alpha value is -1.98. The minimum Gasteiger partial charge on any atom is -0.251 e. The minimum atomic E-state index is -1.68. The quantitative estimate of drug-likeness (QED) is 0.304. The lowest BCUT2D eigenvalue weighted by atomic mass is 10.2. The van der Waals surface area contributed by atoms with Crippen molar-refractivity contribution in [3.05, 3.63) is 91.0 Å². The fourth-order valence-corrected chi connectivity index (χ4v) is 8.27. The van der Waals surface area contributed by atoms with Gasteiger partial charge in [0.2, 0.25) is 0 Å². The predicted octanol–water partition coefficient (Wildman–Crippen LogP) is 5.90. The van der Waals surface area contributed by atoms with Crippen molar-refractivity contribution in [1.29, 1.82) is 0 Å². The summed E-state index contributed by atoms with van der Waals surface area (Å²) in [4.78, 5) is 0. The second kappa shape index (κ2) is 10.4. The molecule has 0 aliphatic heterocycles. The number of hydrogen-bond acceptors (Lipinski definition) is 0. The SMILES string of the molecule is [18F]CCCCCCC[P+](c1ccccc1)(c1ccccc1)c1ccccc1. The van der Waals surface area contributed by atoms with Crippen LogP contribution in [0.1, 0.15) is 32.1 Å². The zero-order valence-electron chi connectivity index (χ0n) is 15.9. The number of hydrogen-bond donors (Lipinski definition) is 0. The van der Waals surface area contributed by atoms with Crippen molar-refractivity contribution in [3.63, 3.8) is 0 Å². The maximum Gasteiger partial charge on any atom is 0.112 e. The van der Waals surface area contributed by atoms with Crippen molar-refractivity contribution in [3.8, 4) is 0 Å². The van der Waals surface area contributed by atoms with E-state index < -0.39 is 7.26 Å². The van der Waals surface area contributed by atoms with E-state index in [0.29, 0.717) is 6.42 Å². The zero-order valence-corrected chi connectivity index (χ0v) is 16.8. The molecule has 0 heterocycles. The van der Waals surface area contributed by atoms with Crippen molar-refractivity contribution in [2.75, 3.05) is 12.8 Å².